The van der Waals surface area contributed by atoms with Crippen LogP contribution < -0.4 is 0 Å². The first-order valence-electron chi connectivity index (χ1n) is 6.76. The molecule has 1 saturated heterocycles. The van der Waals surface area contributed by atoms with E-state index < -0.39 is 26.7 Å². The third-order valence-corrected chi connectivity index (χ3v) is 5.51. The Labute approximate surface area is 127 Å². The Morgan fingerprint density at radius 2 is 1.68 bits per heavy atom. The lowest BCUT2D eigenvalue weighted by Gasteiger charge is -2.33. The van der Waals surface area contributed by atoms with Gasteiger partial charge in [0.2, 0.25) is 10.0 Å². The van der Waals surface area contributed by atoms with E-state index in [-0.39, 0.29) is 19.7 Å². The fourth-order valence-electron chi connectivity index (χ4n) is 2.40. The molecule has 1 heterocycles. The van der Waals surface area contributed by atoms with Gasteiger partial charge in [-0.25, -0.2) is 8.42 Å². The lowest BCUT2D eigenvalue weighted by atomic mass is 10.2. The van der Waals surface area contributed by atoms with E-state index in [9.17, 15) is 21.6 Å². The Hall–Kier alpha value is -1.16. The molecule has 0 aromatic heterocycles. The number of halogens is 3. The molecule has 0 atom stereocenters. The number of rotatable bonds is 4. The second-order valence-electron chi connectivity index (χ2n) is 4.96. The summed E-state index contributed by atoms with van der Waals surface area (Å²) in [6.45, 7) is 1.36. The van der Waals surface area contributed by atoms with Gasteiger partial charge in [-0.3, -0.25) is 4.90 Å². The molecule has 0 bridgehead atoms. The van der Waals surface area contributed by atoms with Gasteiger partial charge in [0.1, 0.15) is 0 Å². The average molecular weight is 338 g/mol. The van der Waals surface area contributed by atoms with Gasteiger partial charge in [0.05, 0.1) is 17.1 Å². The van der Waals surface area contributed by atoms with Crippen molar-refractivity contribution in [3.63, 3.8) is 0 Å². The minimum atomic E-state index is -4.72. The predicted molar refractivity (Wildman–Crippen MR) is 73.7 cm³/mol. The molecule has 1 N–H and O–H groups in total. The fraction of sp³-hybridized carbons (Fsp3) is 0.538. The van der Waals surface area contributed by atoms with E-state index in [2.05, 4.69) is 0 Å². The summed E-state index contributed by atoms with van der Waals surface area (Å²) in [7, 11) is -4.19. The Bertz CT molecular complexity index is 611. The summed E-state index contributed by atoms with van der Waals surface area (Å²) in [4.78, 5) is 1.15. The van der Waals surface area contributed by atoms with Gasteiger partial charge in [-0.15, -0.1) is 0 Å². The second kappa shape index (κ2) is 6.53. The van der Waals surface area contributed by atoms with Crippen LogP contribution in [0, 0.1) is 0 Å². The lowest BCUT2D eigenvalue weighted by molar-refractivity contribution is -0.139. The van der Waals surface area contributed by atoms with E-state index in [4.69, 9.17) is 5.11 Å². The number of aliphatic hydroxyl groups is 1. The van der Waals surface area contributed by atoms with Gasteiger partial charge < -0.3 is 5.11 Å². The molecule has 0 aliphatic carbocycles. The van der Waals surface area contributed by atoms with Crippen LogP contribution in [-0.4, -0.2) is 62.1 Å². The molecule has 1 fully saturated rings. The Morgan fingerprint density at radius 3 is 2.23 bits per heavy atom. The highest BCUT2D eigenvalue weighted by molar-refractivity contribution is 7.89. The van der Waals surface area contributed by atoms with Crippen LogP contribution in [-0.2, 0) is 16.2 Å². The topological polar surface area (TPSA) is 60.9 Å². The quantitative estimate of drug-likeness (QED) is 0.890. The van der Waals surface area contributed by atoms with E-state index >= 15 is 0 Å². The largest absolute Gasteiger partial charge is 0.417 e. The Kier molecular flexibility index (Phi) is 5.10. The lowest BCUT2D eigenvalue weighted by Crippen LogP contribution is -2.49. The number of β-amino-alcohol motifs (C(OH)–C–C–N with tert-alkyl or cyclic N) is 1. The average Bonchev–Trinajstić information content (AvgIpc) is 2.47. The predicted octanol–water partition coefficient (Wildman–Crippen LogP) is 1.00. The van der Waals surface area contributed by atoms with E-state index in [1.807, 2.05) is 4.90 Å². The number of piperazine rings is 1. The highest BCUT2D eigenvalue weighted by Gasteiger charge is 2.39. The van der Waals surface area contributed by atoms with E-state index in [0.29, 0.717) is 19.6 Å². The molecule has 0 saturated carbocycles. The van der Waals surface area contributed by atoms with Gasteiger partial charge in [-0.05, 0) is 12.1 Å². The number of sulfonamides is 1. The van der Waals surface area contributed by atoms with Crippen LogP contribution in [0.15, 0.2) is 29.2 Å². The van der Waals surface area contributed by atoms with Crippen LogP contribution in [0.5, 0.6) is 0 Å². The molecular formula is C13H17F3N2O3S. The van der Waals surface area contributed by atoms with E-state index in [0.717, 1.165) is 16.4 Å². The van der Waals surface area contributed by atoms with Crippen LogP contribution in [0.25, 0.3) is 0 Å². The van der Waals surface area contributed by atoms with Crippen molar-refractivity contribution in [1.29, 1.82) is 0 Å². The second-order valence-corrected chi connectivity index (χ2v) is 6.87. The highest BCUT2D eigenvalue weighted by Crippen LogP contribution is 2.35. The molecule has 1 aliphatic heterocycles. The smallest absolute Gasteiger partial charge is 0.395 e. The molecule has 1 aromatic rings. The molecule has 1 aromatic carbocycles. The van der Waals surface area contributed by atoms with Crippen molar-refractivity contribution in [3.8, 4) is 0 Å². The van der Waals surface area contributed by atoms with Gasteiger partial charge in [-0.1, -0.05) is 12.1 Å². The molecule has 1 aliphatic rings. The first-order chi connectivity index (χ1) is 10.3. The van der Waals surface area contributed by atoms with Crippen LogP contribution in [0.3, 0.4) is 0 Å². The van der Waals surface area contributed by atoms with Crippen molar-refractivity contribution in [2.75, 3.05) is 39.3 Å². The molecule has 2 rings (SSSR count). The van der Waals surface area contributed by atoms with Crippen molar-refractivity contribution >= 4 is 10.0 Å². The molecule has 0 radical (unpaired) electrons. The van der Waals surface area contributed by atoms with Crippen molar-refractivity contribution < 1.29 is 26.7 Å². The van der Waals surface area contributed by atoms with E-state index in [1.165, 1.54) is 12.1 Å². The molecule has 124 valence electrons. The summed E-state index contributed by atoms with van der Waals surface area (Å²) in [5, 5.41) is 8.85. The molecule has 5 nitrogen and oxygen atoms in total. The number of benzene rings is 1. The summed E-state index contributed by atoms with van der Waals surface area (Å²) in [5.41, 5.74) is -1.15. The van der Waals surface area contributed by atoms with Crippen molar-refractivity contribution in [1.82, 2.24) is 9.21 Å². The molecule has 22 heavy (non-hydrogen) atoms. The molecule has 0 unspecified atom stereocenters. The first kappa shape index (κ1) is 17.2. The van der Waals surface area contributed by atoms with Crippen LogP contribution in [0.1, 0.15) is 5.56 Å². The van der Waals surface area contributed by atoms with Crippen LogP contribution in [0.2, 0.25) is 0 Å². The van der Waals surface area contributed by atoms with Crippen molar-refractivity contribution in [3.05, 3.63) is 29.8 Å². The van der Waals surface area contributed by atoms with Crippen LogP contribution in [0.4, 0.5) is 13.2 Å². The van der Waals surface area contributed by atoms with Gasteiger partial charge in [0, 0.05) is 32.7 Å². The maximum absolute atomic E-state index is 13.0. The normalized spacial score (nSPS) is 18.5. The standard InChI is InChI=1S/C13H17F3N2O3S/c14-13(15,16)11-3-1-2-4-12(11)22(20,21)18-7-5-17(6-8-18)9-10-19/h1-4,19H,5-10H2. The number of aliphatic hydroxyl groups excluding tert-OH is 1. The third-order valence-electron chi connectivity index (χ3n) is 3.56. The summed E-state index contributed by atoms with van der Waals surface area (Å²) in [5.74, 6) is 0. The molecule has 0 amide bonds. The van der Waals surface area contributed by atoms with Gasteiger partial charge in [0.15, 0.2) is 0 Å². The van der Waals surface area contributed by atoms with Crippen LogP contribution >= 0.6 is 0 Å². The number of nitrogens with zero attached hydrogens (tertiary/aromatic N) is 2. The maximum Gasteiger partial charge on any atom is 0.417 e. The third kappa shape index (κ3) is 3.60. The Morgan fingerprint density at radius 1 is 1.09 bits per heavy atom. The minimum Gasteiger partial charge on any atom is -0.395 e. The summed E-state index contributed by atoms with van der Waals surface area (Å²) in [6, 6.07) is 4.21. The zero-order chi connectivity index (χ0) is 16.4. The fourth-order valence-corrected chi connectivity index (χ4v) is 4.03. The number of alkyl halides is 3. The summed E-state index contributed by atoms with van der Waals surface area (Å²) >= 11 is 0. The van der Waals surface area contributed by atoms with E-state index in [1.54, 1.807) is 0 Å². The zero-order valence-corrected chi connectivity index (χ0v) is 12.6. The SMILES string of the molecule is O=S(=O)(c1ccccc1C(F)(F)F)N1CCN(CCO)CC1. The van der Waals surface area contributed by atoms with Gasteiger partial charge in [0.25, 0.3) is 0 Å². The summed E-state index contributed by atoms with van der Waals surface area (Å²) in [6.07, 6.45) is -4.72. The molecule has 0 spiro atoms. The van der Waals surface area contributed by atoms with Gasteiger partial charge in [-0.2, -0.15) is 17.5 Å². The Balaban J connectivity index is 2.26. The minimum absolute atomic E-state index is 0.0380. The molecule has 9 heteroatoms. The monoisotopic (exact) mass is 338 g/mol. The van der Waals surface area contributed by atoms with Crippen molar-refractivity contribution in [2.45, 2.75) is 11.1 Å². The highest BCUT2D eigenvalue weighted by atomic mass is 32.2. The first-order valence-corrected chi connectivity index (χ1v) is 8.20. The van der Waals surface area contributed by atoms with Crippen molar-refractivity contribution in [2.24, 2.45) is 0 Å². The zero-order valence-electron chi connectivity index (χ0n) is 11.8. The maximum atomic E-state index is 13.0. The number of hydrogen-bond donors (Lipinski definition) is 1. The molecular weight excluding hydrogens is 321 g/mol. The number of hydrogen-bond acceptors (Lipinski definition) is 4. The summed E-state index contributed by atoms with van der Waals surface area (Å²) < 4.78 is 65.0. The van der Waals surface area contributed by atoms with Gasteiger partial charge >= 0.3 is 6.18 Å².